The molecule has 0 atom stereocenters. The number of nitrogens with one attached hydrogen (secondary N) is 2. The Kier molecular flexibility index (Phi) is 2.86. The summed E-state index contributed by atoms with van der Waals surface area (Å²) in [5, 5.41) is 12.8. The lowest BCUT2D eigenvalue weighted by Crippen LogP contribution is -2.20. The van der Waals surface area contributed by atoms with Crippen LogP contribution >= 0.6 is 0 Å². The summed E-state index contributed by atoms with van der Waals surface area (Å²) < 4.78 is 1.52. The van der Waals surface area contributed by atoms with Crippen LogP contribution in [-0.2, 0) is 19.9 Å². The standard InChI is InChI=1S/C12H14N6O/c1-18-7-11(16-17-18)15-12(19)14-10-6-5-8-3-2-4-9(8)13-10/h5-7H,2-4H2,1H3,(H2,13,14,15,19). The number of rotatable bonds is 2. The molecule has 2 N–H and O–H groups in total. The van der Waals surface area contributed by atoms with Crippen molar-refractivity contribution in [1.29, 1.82) is 0 Å². The van der Waals surface area contributed by atoms with Gasteiger partial charge in [-0.2, -0.15) is 0 Å². The van der Waals surface area contributed by atoms with Crippen molar-refractivity contribution in [3.05, 3.63) is 29.6 Å². The fraction of sp³-hybridized carbons (Fsp3) is 0.333. The first-order valence-electron chi connectivity index (χ1n) is 6.14. The molecule has 19 heavy (non-hydrogen) atoms. The normalized spacial score (nSPS) is 13.1. The zero-order chi connectivity index (χ0) is 13.2. The second-order valence-electron chi connectivity index (χ2n) is 4.51. The third-order valence-electron chi connectivity index (χ3n) is 3.01. The molecule has 0 bridgehead atoms. The van der Waals surface area contributed by atoms with E-state index >= 15 is 0 Å². The molecule has 0 fully saturated rings. The molecule has 3 rings (SSSR count). The molecule has 2 aromatic heterocycles. The Morgan fingerprint density at radius 1 is 1.26 bits per heavy atom. The zero-order valence-electron chi connectivity index (χ0n) is 10.6. The molecule has 2 heterocycles. The molecule has 7 nitrogen and oxygen atoms in total. The van der Waals surface area contributed by atoms with Gasteiger partial charge in [0.15, 0.2) is 5.82 Å². The van der Waals surface area contributed by atoms with Gasteiger partial charge in [-0.15, -0.1) is 5.10 Å². The maximum Gasteiger partial charge on any atom is 0.326 e. The lowest BCUT2D eigenvalue weighted by Gasteiger charge is -2.06. The average molecular weight is 258 g/mol. The first kappa shape index (κ1) is 11.6. The summed E-state index contributed by atoms with van der Waals surface area (Å²) in [6, 6.07) is 3.47. The van der Waals surface area contributed by atoms with Crippen LogP contribution in [-0.4, -0.2) is 26.0 Å². The highest BCUT2D eigenvalue weighted by atomic mass is 16.2. The van der Waals surface area contributed by atoms with E-state index in [9.17, 15) is 4.79 Å². The van der Waals surface area contributed by atoms with E-state index in [1.807, 2.05) is 12.1 Å². The maximum atomic E-state index is 11.8. The molecule has 0 aliphatic heterocycles. The summed E-state index contributed by atoms with van der Waals surface area (Å²) in [7, 11) is 1.73. The number of pyridine rings is 1. The molecule has 0 saturated heterocycles. The Morgan fingerprint density at radius 2 is 2.11 bits per heavy atom. The molecule has 2 aromatic rings. The summed E-state index contributed by atoms with van der Waals surface area (Å²) >= 11 is 0. The van der Waals surface area contributed by atoms with E-state index in [0.717, 1.165) is 25.0 Å². The lowest BCUT2D eigenvalue weighted by atomic mass is 10.2. The molecule has 0 aromatic carbocycles. The molecule has 0 unspecified atom stereocenters. The molecular weight excluding hydrogens is 244 g/mol. The van der Waals surface area contributed by atoms with Gasteiger partial charge >= 0.3 is 6.03 Å². The van der Waals surface area contributed by atoms with Crippen LogP contribution in [0, 0.1) is 0 Å². The number of anilines is 2. The van der Waals surface area contributed by atoms with E-state index in [0.29, 0.717) is 11.6 Å². The second kappa shape index (κ2) is 4.68. The Morgan fingerprint density at radius 3 is 2.89 bits per heavy atom. The largest absolute Gasteiger partial charge is 0.326 e. The van der Waals surface area contributed by atoms with E-state index in [4.69, 9.17) is 0 Å². The van der Waals surface area contributed by atoms with Gasteiger partial charge in [0.25, 0.3) is 0 Å². The number of aryl methyl sites for hydroxylation is 3. The summed E-state index contributed by atoms with van der Waals surface area (Å²) in [4.78, 5) is 16.2. The Bertz CT molecular complexity index is 620. The van der Waals surface area contributed by atoms with E-state index in [1.165, 1.54) is 10.2 Å². The highest BCUT2D eigenvalue weighted by Gasteiger charge is 2.13. The molecule has 0 radical (unpaired) electrons. The van der Waals surface area contributed by atoms with Crippen molar-refractivity contribution in [2.75, 3.05) is 10.6 Å². The van der Waals surface area contributed by atoms with Crippen LogP contribution in [0.2, 0.25) is 0 Å². The molecule has 98 valence electrons. The highest BCUT2D eigenvalue weighted by Crippen LogP contribution is 2.21. The zero-order valence-corrected chi connectivity index (χ0v) is 10.6. The monoisotopic (exact) mass is 258 g/mol. The summed E-state index contributed by atoms with van der Waals surface area (Å²) in [5.41, 5.74) is 2.36. The van der Waals surface area contributed by atoms with Crippen LogP contribution < -0.4 is 10.6 Å². The van der Waals surface area contributed by atoms with Gasteiger partial charge in [-0.05, 0) is 30.9 Å². The molecular formula is C12H14N6O. The van der Waals surface area contributed by atoms with Crippen molar-refractivity contribution in [3.63, 3.8) is 0 Å². The predicted molar refractivity (Wildman–Crippen MR) is 69.9 cm³/mol. The minimum Gasteiger partial charge on any atom is -0.292 e. The van der Waals surface area contributed by atoms with Gasteiger partial charge in [0.05, 0.1) is 6.20 Å². The minimum absolute atomic E-state index is 0.369. The smallest absolute Gasteiger partial charge is 0.292 e. The fourth-order valence-corrected chi connectivity index (χ4v) is 2.16. The van der Waals surface area contributed by atoms with Crippen molar-refractivity contribution in [1.82, 2.24) is 20.0 Å². The van der Waals surface area contributed by atoms with Gasteiger partial charge in [-0.1, -0.05) is 11.3 Å². The van der Waals surface area contributed by atoms with Crippen LogP contribution in [0.1, 0.15) is 17.7 Å². The Hall–Kier alpha value is -2.44. The second-order valence-corrected chi connectivity index (χ2v) is 4.51. The Labute approximate surface area is 110 Å². The first-order valence-corrected chi connectivity index (χ1v) is 6.14. The van der Waals surface area contributed by atoms with Crippen molar-refractivity contribution >= 4 is 17.7 Å². The van der Waals surface area contributed by atoms with Gasteiger partial charge in [0.2, 0.25) is 0 Å². The number of carbonyl (C=O) groups is 1. The van der Waals surface area contributed by atoms with Gasteiger partial charge in [0.1, 0.15) is 5.82 Å². The molecule has 2 amide bonds. The lowest BCUT2D eigenvalue weighted by molar-refractivity contribution is 0.262. The number of aromatic nitrogens is 4. The molecule has 0 spiro atoms. The van der Waals surface area contributed by atoms with Crippen LogP contribution in [0.25, 0.3) is 0 Å². The maximum absolute atomic E-state index is 11.8. The van der Waals surface area contributed by atoms with Crippen molar-refractivity contribution < 1.29 is 4.79 Å². The van der Waals surface area contributed by atoms with Gasteiger partial charge < -0.3 is 0 Å². The van der Waals surface area contributed by atoms with Gasteiger partial charge in [-0.3, -0.25) is 15.3 Å². The Balaban J connectivity index is 1.66. The SMILES string of the molecule is Cn1cc(NC(=O)Nc2ccc3c(n2)CCC3)nn1. The van der Waals surface area contributed by atoms with Crippen molar-refractivity contribution in [2.24, 2.45) is 7.05 Å². The number of carbonyl (C=O) groups excluding carboxylic acids is 1. The van der Waals surface area contributed by atoms with E-state index in [2.05, 4.69) is 25.9 Å². The van der Waals surface area contributed by atoms with Crippen molar-refractivity contribution in [3.8, 4) is 0 Å². The topological polar surface area (TPSA) is 84.7 Å². The number of urea groups is 1. The van der Waals surface area contributed by atoms with Gasteiger partial charge in [-0.25, -0.2) is 9.78 Å². The van der Waals surface area contributed by atoms with E-state index in [1.54, 1.807) is 13.2 Å². The minimum atomic E-state index is -0.369. The highest BCUT2D eigenvalue weighted by molar-refractivity contribution is 5.98. The van der Waals surface area contributed by atoms with Crippen LogP contribution in [0.15, 0.2) is 18.3 Å². The van der Waals surface area contributed by atoms with E-state index < -0.39 is 0 Å². The van der Waals surface area contributed by atoms with Crippen LogP contribution in [0.3, 0.4) is 0 Å². The number of hydrogen-bond acceptors (Lipinski definition) is 4. The average Bonchev–Trinajstić information content (AvgIpc) is 2.97. The number of amides is 2. The van der Waals surface area contributed by atoms with Gasteiger partial charge in [0, 0.05) is 12.7 Å². The number of fused-ring (bicyclic) bond motifs is 1. The molecule has 1 aliphatic carbocycles. The summed E-state index contributed by atoms with van der Waals surface area (Å²) in [5.74, 6) is 0.961. The molecule has 0 saturated carbocycles. The van der Waals surface area contributed by atoms with E-state index in [-0.39, 0.29) is 6.03 Å². The molecule has 7 heteroatoms. The number of hydrogen-bond donors (Lipinski definition) is 2. The summed E-state index contributed by atoms with van der Waals surface area (Å²) in [6.07, 6.45) is 4.82. The quantitative estimate of drug-likeness (QED) is 0.851. The molecule has 1 aliphatic rings. The fourth-order valence-electron chi connectivity index (χ4n) is 2.16. The third kappa shape index (κ3) is 2.54. The van der Waals surface area contributed by atoms with Crippen LogP contribution in [0.5, 0.6) is 0 Å². The third-order valence-corrected chi connectivity index (χ3v) is 3.01. The first-order chi connectivity index (χ1) is 9.20. The number of nitrogens with zero attached hydrogens (tertiary/aromatic N) is 4. The van der Waals surface area contributed by atoms with Crippen molar-refractivity contribution in [2.45, 2.75) is 19.3 Å². The predicted octanol–water partition coefficient (Wildman–Crippen LogP) is 1.34. The summed E-state index contributed by atoms with van der Waals surface area (Å²) in [6.45, 7) is 0. The van der Waals surface area contributed by atoms with Crippen LogP contribution in [0.4, 0.5) is 16.4 Å².